The van der Waals surface area contributed by atoms with Gasteiger partial charge in [0.1, 0.15) is 5.82 Å². The molecule has 4 rings (SSSR count). The Bertz CT molecular complexity index is 1140. The molecule has 0 unspecified atom stereocenters. The molecule has 10 heteroatoms. The minimum atomic E-state index is -0.779. The highest BCUT2D eigenvalue weighted by Gasteiger charge is 2.41. The number of nitrogens with two attached hydrogens (primary N) is 2. The Hall–Kier alpha value is -3.24. The molecule has 0 aliphatic heterocycles. The summed E-state index contributed by atoms with van der Waals surface area (Å²) in [5.74, 6) is -1.23. The van der Waals surface area contributed by atoms with Gasteiger partial charge in [-0.05, 0) is 44.4 Å². The summed E-state index contributed by atoms with van der Waals surface area (Å²) in [4.78, 5) is 16.4. The van der Waals surface area contributed by atoms with E-state index >= 15 is 0 Å². The number of amides is 1. The quantitative estimate of drug-likeness (QED) is 0.401. The Labute approximate surface area is 185 Å². The number of carbonyl (C=O) groups excluding carboxylic acids is 1. The first-order valence-corrected chi connectivity index (χ1v) is 10.6. The maximum Gasteiger partial charge on any atom is 0.252 e. The molecule has 170 valence electrons. The van der Waals surface area contributed by atoms with Crippen molar-refractivity contribution >= 4 is 34.1 Å². The zero-order valence-corrected chi connectivity index (χ0v) is 18.2. The first kappa shape index (κ1) is 22.0. The van der Waals surface area contributed by atoms with Crippen LogP contribution in [-0.4, -0.2) is 46.0 Å². The van der Waals surface area contributed by atoms with Gasteiger partial charge >= 0.3 is 0 Å². The van der Waals surface area contributed by atoms with Crippen LogP contribution in [0, 0.1) is 5.82 Å². The lowest BCUT2D eigenvalue weighted by molar-refractivity contribution is 0.100. The predicted molar refractivity (Wildman–Crippen MR) is 121 cm³/mol. The van der Waals surface area contributed by atoms with Crippen LogP contribution in [0.5, 0.6) is 0 Å². The first-order valence-electron chi connectivity index (χ1n) is 10.6. The Balaban J connectivity index is 1.71. The molecule has 32 heavy (non-hydrogen) atoms. The van der Waals surface area contributed by atoms with Crippen LogP contribution >= 0.6 is 0 Å². The predicted octanol–water partition coefficient (Wildman–Crippen LogP) is 2.74. The molecular formula is C22H28FN7O2. The summed E-state index contributed by atoms with van der Waals surface area (Å²) in [6.07, 6.45) is 4.38. The van der Waals surface area contributed by atoms with E-state index in [-0.39, 0.29) is 23.2 Å². The maximum atomic E-state index is 14.8. The molecule has 3 aromatic rings. The summed E-state index contributed by atoms with van der Waals surface area (Å²) in [7, 11) is 1.63. The first-order chi connectivity index (χ1) is 15.3. The van der Waals surface area contributed by atoms with Crippen molar-refractivity contribution in [2.75, 3.05) is 24.4 Å². The van der Waals surface area contributed by atoms with Crippen LogP contribution in [0.2, 0.25) is 0 Å². The minimum Gasteiger partial charge on any atom is -0.383 e. The van der Waals surface area contributed by atoms with Crippen LogP contribution in [0.3, 0.4) is 0 Å². The fraction of sp³-hybridized carbons (Fsp3) is 0.409. The van der Waals surface area contributed by atoms with E-state index < -0.39 is 17.3 Å². The Morgan fingerprint density at radius 2 is 2.16 bits per heavy atom. The molecule has 1 aliphatic rings. The number of nitrogens with one attached hydrogen (secondary N) is 2. The summed E-state index contributed by atoms with van der Waals surface area (Å²) in [6, 6.07) is 6.56. The van der Waals surface area contributed by atoms with Gasteiger partial charge in [0.05, 0.1) is 41.7 Å². The van der Waals surface area contributed by atoms with E-state index in [0.717, 1.165) is 36.2 Å². The molecule has 9 nitrogen and oxygen atoms in total. The van der Waals surface area contributed by atoms with E-state index in [1.54, 1.807) is 13.3 Å². The van der Waals surface area contributed by atoms with E-state index in [4.69, 9.17) is 16.2 Å². The molecule has 0 radical (unpaired) electrons. The molecular weight excluding hydrogens is 413 g/mol. The van der Waals surface area contributed by atoms with Gasteiger partial charge in [-0.15, -0.1) is 0 Å². The number of anilines is 3. The monoisotopic (exact) mass is 441 g/mol. The highest BCUT2D eigenvalue weighted by atomic mass is 19.1. The van der Waals surface area contributed by atoms with Gasteiger partial charge in [0.15, 0.2) is 11.6 Å². The van der Waals surface area contributed by atoms with Gasteiger partial charge in [-0.3, -0.25) is 9.48 Å². The molecule has 1 amide bonds. The number of primary amides is 1. The van der Waals surface area contributed by atoms with Crippen molar-refractivity contribution in [2.45, 2.75) is 44.3 Å². The number of nitrogens with zero attached hydrogens (tertiary/aromatic N) is 3. The Morgan fingerprint density at radius 1 is 1.38 bits per heavy atom. The van der Waals surface area contributed by atoms with Crippen LogP contribution in [0.4, 0.5) is 21.7 Å². The second-order valence-corrected chi connectivity index (χ2v) is 8.23. The molecule has 1 aliphatic carbocycles. The molecule has 1 aromatic carbocycles. The van der Waals surface area contributed by atoms with Gasteiger partial charge in [-0.25, -0.2) is 9.37 Å². The third kappa shape index (κ3) is 3.98. The number of ether oxygens (including phenoxy) is 1. The Morgan fingerprint density at radius 3 is 2.78 bits per heavy atom. The van der Waals surface area contributed by atoms with Crippen molar-refractivity contribution in [3.8, 4) is 0 Å². The van der Waals surface area contributed by atoms with E-state index in [1.807, 2.05) is 29.8 Å². The molecule has 2 aromatic heterocycles. The highest BCUT2D eigenvalue weighted by Crippen LogP contribution is 2.38. The Kier molecular flexibility index (Phi) is 5.98. The van der Waals surface area contributed by atoms with Gasteiger partial charge in [-0.1, -0.05) is 6.07 Å². The molecule has 2 heterocycles. The second-order valence-electron chi connectivity index (χ2n) is 8.23. The topological polar surface area (TPSA) is 133 Å². The summed E-state index contributed by atoms with van der Waals surface area (Å²) in [5, 5.41) is 11.6. The van der Waals surface area contributed by atoms with Crippen molar-refractivity contribution in [2.24, 2.45) is 11.5 Å². The number of benzene rings is 1. The van der Waals surface area contributed by atoms with Crippen molar-refractivity contribution in [3.63, 3.8) is 0 Å². The zero-order chi connectivity index (χ0) is 22.9. The molecule has 0 saturated heterocycles. The highest BCUT2D eigenvalue weighted by molar-refractivity contribution is 6.00. The fourth-order valence-electron chi connectivity index (χ4n) is 4.04. The van der Waals surface area contributed by atoms with Crippen LogP contribution in [0.15, 0.2) is 30.5 Å². The van der Waals surface area contributed by atoms with Crippen molar-refractivity contribution < 1.29 is 13.9 Å². The van der Waals surface area contributed by atoms with E-state index in [2.05, 4.69) is 20.7 Å². The lowest BCUT2D eigenvalue weighted by Crippen LogP contribution is -2.57. The molecule has 6 N–H and O–H groups in total. The summed E-state index contributed by atoms with van der Waals surface area (Å²) in [6.45, 7) is 3.01. The normalized spacial score (nSPS) is 15.9. The largest absolute Gasteiger partial charge is 0.383 e. The van der Waals surface area contributed by atoms with Crippen LogP contribution < -0.4 is 22.1 Å². The lowest BCUT2D eigenvalue weighted by Gasteiger charge is -2.46. The number of halogens is 1. The molecule has 0 spiro atoms. The standard InChI is InChI=1S/C22H28FN7O2/c1-13(24)22(7-4-8-22)29-21-16(23)11-14(19(25)31)20(28-21)27-17-5-3-6-18-15(17)12-26-30(18)9-10-32-2/h3,5-6,11-13H,4,7-10,24H2,1-2H3,(H2,25,31)(H2,27,28,29)/t13-/m0/s1. The summed E-state index contributed by atoms with van der Waals surface area (Å²) >= 11 is 0. The molecule has 1 fully saturated rings. The number of methoxy groups -OCH3 is 1. The van der Waals surface area contributed by atoms with E-state index in [9.17, 15) is 9.18 Å². The summed E-state index contributed by atoms with van der Waals surface area (Å²) < 4.78 is 21.8. The van der Waals surface area contributed by atoms with Crippen LogP contribution in [0.25, 0.3) is 10.9 Å². The van der Waals surface area contributed by atoms with Crippen molar-refractivity contribution in [1.82, 2.24) is 14.8 Å². The molecule has 0 bridgehead atoms. The average molecular weight is 442 g/mol. The molecule has 1 saturated carbocycles. The number of hydrogen-bond donors (Lipinski definition) is 4. The van der Waals surface area contributed by atoms with Crippen LogP contribution in [-0.2, 0) is 11.3 Å². The van der Waals surface area contributed by atoms with E-state index in [1.165, 1.54) is 0 Å². The average Bonchev–Trinajstić information content (AvgIpc) is 3.14. The number of fused-ring (bicyclic) bond motifs is 1. The third-order valence-electron chi connectivity index (χ3n) is 6.17. The maximum absolute atomic E-state index is 14.8. The zero-order valence-electron chi connectivity index (χ0n) is 18.2. The van der Waals surface area contributed by atoms with Crippen LogP contribution in [0.1, 0.15) is 36.5 Å². The smallest absolute Gasteiger partial charge is 0.252 e. The van der Waals surface area contributed by atoms with Crippen molar-refractivity contribution in [3.05, 3.63) is 41.8 Å². The number of pyridine rings is 1. The number of rotatable bonds is 9. The number of aromatic nitrogens is 3. The van der Waals surface area contributed by atoms with E-state index in [0.29, 0.717) is 18.8 Å². The lowest BCUT2D eigenvalue weighted by atomic mass is 9.72. The van der Waals surface area contributed by atoms with Gasteiger partial charge < -0.3 is 26.8 Å². The summed E-state index contributed by atoms with van der Waals surface area (Å²) in [5.41, 5.74) is 12.8. The van der Waals surface area contributed by atoms with Gasteiger partial charge in [0.25, 0.3) is 5.91 Å². The second kappa shape index (κ2) is 8.71. The SMILES string of the molecule is COCCn1ncc2c(Nc3nc(NC4([C@H](C)N)CCC4)c(F)cc3C(N)=O)cccc21. The van der Waals surface area contributed by atoms with Gasteiger partial charge in [0.2, 0.25) is 0 Å². The van der Waals surface area contributed by atoms with Gasteiger partial charge in [-0.2, -0.15) is 5.10 Å². The number of carbonyl (C=O) groups is 1. The molecule has 1 atom stereocenters. The fourth-order valence-corrected chi connectivity index (χ4v) is 4.04. The third-order valence-corrected chi connectivity index (χ3v) is 6.17. The van der Waals surface area contributed by atoms with Gasteiger partial charge in [0, 0.05) is 18.5 Å². The number of hydrogen-bond acceptors (Lipinski definition) is 7. The van der Waals surface area contributed by atoms with Crippen molar-refractivity contribution in [1.29, 1.82) is 0 Å². The minimum absolute atomic E-state index is 0.0393.